The number of aliphatic carboxylic acids is 1. The van der Waals surface area contributed by atoms with Gasteiger partial charge in [0.15, 0.2) is 14.6 Å². The molecule has 2 aromatic rings. The van der Waals surface area contributed by atoms with E-state index in [9.17, 15) is 23.1 Å². The zero-order valence-electron chi connectivity index (χ0n) is 17.1. The van der Waals surface area contributed by atoms with Crippen LogP contribution < -0.4 is 4.74 Å². The summed E-state index contributed by atoms with van der Waals surface area (Å²) in [5, 5.41) is 9.90. The van der Waals surface area contributed by atoms with Crippen molar-refractivity contribution >= 4 is 21.7 Å². The normalized spacial score (nSPS) is 15.5. The number of benzene rings is 2. The summed E-state index contributed by atoms with van der Waals surface area (Å²) in [7, 11) is -4.20. The van der Waals surface area contributed by atoms with E-state index in [4.69, 9.17) is 4.74 Å². The lowest BCUT2D eigenvalue weighted by Crippen LogP contribution is -2.55. The number of carboxylic acids is 1. The number of carboxylic acid groups (broad SMARTS) is 1. The van der Waals surface area contributed by atoms with Crippen molar-refractivity contribution in [2.45, 2.75) is 29.4 Å². The van der Waals surface area contributed by atoms with Crippen LogP contribution in [0.25, 0.3) is 0 Å². The molecule has 1 N–H and O–H groups in total. The summed E-state index contributed by atoms with van der Waals surface area (Å²) < 4.78 is 30.0. The van der Waals surface area contributed by atoms with Crippen LogP contribution in [0, 0.1) is 11.8 Å². The molecule has 0 saturated carbocycles. The Bertz CT molecular complexity index is 1110. The fourth-order valence-electron chi connectivity index (χ4n) is 3.56. The molecule has 0 unspecified atom stereocenters. The van der Waals surface area contributed by atoms with Gasteiger partial charge in [-0.2, -0.15) is 0 Å². The predicted molar refractivity (Wildman–Crippen MR) is 115 cm³/mol. The highest BCUT2D eigenvalue weighted by Crippen LogP contribution is 2.36. The van der Waals surface area contributed by atoms with Gasteiger partial charge in [-0.3, -0.25) is 9.59 Å². The quantitative estimate of drug-likeness (QED) is 0.692. The smallest absolute Gasteiger partial charge is 0.325 e. The fourth-order valence-corrected chi connectivity index (χ4v) is 5.46. The third-order valence-electron chi connectivity index (χ3n) is 5.41. The molecule has 3 rings (SSSR count). The molecular formula is C23H23NO6S. The first-order valence-corrected chi connectivity index (χ1v) is 11.2. The fraction of sp³-hybridized carbons (Fsp3) is 0.304. The molecule has 0 spiro atoms. The first-order valence-electron chi connectivity index (χ1n) is 9.77. The molecule has 2 aromatic carbocycles. The Hall–Kier alpha value is -3.31. The van der Waals surface area contributed by atoms with E-state index in [1.165, 1.54) is 29.2 Å². The van der Waals surface area contributed by atoms with Crippen LogP contribution in [0.3, 0.4) is 0 Å². The monoisotopic (exact) mass is 441 g/mol. The number of ether oxygens (including phenoxy) is 1. The Labute approximate surface area is 181 Å². The average Bonchev–Trinajstić information content (AvgIpc) is 2.79. The average molecular weight is 442 g/mol. The molecule has 1 aliphatic heterocycles. The molecule has 0 aliphatic carbocycles. The molecule has 0 bridgehead atoms. The number of likely N-dealkylation sites (tertiary alicyclic amines) is 1. The van der Waals surface area contributed by atoms with Crippen LogP contribution in [0.4, 0.5) is 0 Å². The van der Waals surface area contributed by atoms with Gasteiger partial charge in [-0.25, -0.2) is 8.42 Å². The Morgan fingerprint density at radius 3 is 2.23 bits per heavy atom. The van der Waals surface area contributed by atoms with E-state index in [2.05, 4.69) is 11.8 Å². The number of piperidine rings is 1. The van der Waals surface area contributed by atoms with E-state index < -0.39 is 20.6 Å². The minimum atomic E-state index is -4.20. The minimum Gasteiger partial charge on any atom is -0.481 e. The maximum absolute atomic E-state index is 13.3. The van der Waals surface area contributed by atoms with Crippen LogP contribution in [-0.2, 0) is 14.6 Å². The molecule has 1 fully saturated rings. The molecule has 1 heterocycles. The van der Waals surface area contributed by atoms with E-state index in [-0.39, 0.29) is 43.3 Å². The van der Waals surface area contributed by atoms with Crippen LogP contribution in [0.15, 0.2) is 59.5 Å². The summed E-state index contributed by atoms with van der Waals surface area (Å²) in [5.74, 6) is 4.22. The number of rotatable bonds is 6. The highest BCUT2D eigenvalue weighted by molar-refractivity contribution is 7.93. The van der Waals surface area contributed by atoms with Gasteiger partial charge in [0, 0.05) is 18.7 Å². The van der Waals surface area contributed by atoms with E-state index in [0.29, 0.717) is 11.3 Å². The highest BCUT2D eigenvalue weighted by Gasteiger charge is 2.53. The summed E-state index contributed by atoms with van der Waals surface area (Å²) >= 11 is 0. The molecular weight excluding hydrogens is 418 g/mol. The molecule has 0 atom stereocenters. The lowest BCUT2D eigenvalue weighted by atomic mass is 9.95. The Morgan fingerprint density at radius 2 is 1.68 bits per heavy atom. The van der Waals surface area contributed by atoms with Gasteiger partial charge in [-0.1, -0.05) is 24.1 Å². The van der Waals surface area contributed by atoms with E-state index in [0.717, 1.165) is 0 Å². The van der Waals surface area contributed by atoms with Crippen molar-refractivity contribution in [3.8, 4) is 17.6 Å². The van der Waals surface area contributed by atoms with Crippen molar-refractivity contribution in [1.82, 2.24) is 4.90 Å². The van der Waals surface area contributed by atoms with Gasteiger partial charge in [0.1, 0.15) is 12.4 Å². The van der Waals surface area contributed by atoms with Crippen LogP contribution in [-0.4, -0.2) is 54.7 Å². The number of carbonyl (C=O) groups is 2. The topological polar surface area (TPSA) is 101 Å². The number of hydrogen-bond donors (Lipinski definition) is 1. The lowest BCUT2D eigenvalue weighted by Gasteiger charge is -2.38. The summed E-state index contributed by atoms with van der Waals surface area (Å²) in [4.78, 5) is 26.2. The summed E-state index contributed by atoms with van der Waals surface area (Å²) in [6.45, 7) is 1.93. The molecule has 1 aliphatic rings. The summed E-state index contributed by atoms with van der Waals surface area (Å²) in [6.07, 6.45) is -0.374. The molecule has 8 heteroatoms. The Kier molecular flexibility index (Phi) is 6.66. The third kappa shape index (κ3) is 4.42. The summed E-state index contributed by atoms with van der Waals surface area (Å²) in [6, 6.07) is 14.3. The number of carbonyl (C=O) groups excluding carboxylic acids is 1. The second-order valence-electron chi connectivity index (χ2n) is 7.15. The van der Waals surface area contributed by atoms with E-state index in [1.807, 2.05) is 0 Å². The molecule has 0 aromatic heterocycles. The minimum absolute atomic E-state index is 0.0378. The van der Waals surface area contributed by atoms with Crippen molar-refractivity contribution in [2.24, 2.45) is 0 Å². The van der Waals surface area contributed by atoms with Crippen LogP contribution >= 0.6 is 0 Å². The number of sulfone groups is 1. The standard InChI is InChI=1S/C23H23NO6S/c1-2-3-17-30-19-9-11-20(12-10-19)31(28,29)23(22(26)27)13-15-24(16-14-23)21(25)18-7-5-4-6-8-18/h4-12H,13-17H2,1H3,(H,26,27). The number of hydrogen-bond acceptors (Lipinski definition) is 5. The maximum atomic E-state index is 13.3. The molecule has 0 radical (unpaired) electrons. The predicted octanol–water partition coefficient (Wildman–Crippen LogP) is 2.62. The largest absolute Gasteiger partial charge is 0.481 e. The van der Waals surface area contributed by atoms with Crippen LogP contribution in [0.5, 0.6) is 5.75 Å². The van der Waals surface area contributed by atoms with Crippen molar-refractivity contribution in [2.75, 3.05) is 19.7 Å². The van der Waals surface area contributed by atoms with Gasteiger partial charge < -0.3 is 14.7 Å². The van der Waals surface area contributed by atoms with Crippen molar-refractivity contribution in [3.05, 3.63) is 60.2 Å². The van der Waals surface area contributed by atoms with Crippen LogP contribution in [0.1, 0.15) is 30.1 Å². The molecule has 31 heavy (non-hydrogen) atoms. The van der Waals surface area contributed by atoms with Crippen LogP contribution in [0.2, 0.25) is 0 Å². The summed E-state index contributed by atoms with van der Waals surface area (Å²) in [5.41, 5.74) is 0.483. The molecule has 1 saturated heterocycles. The van der Waals surface area contributed by atoms with Crippen molar-refractivity contribution in [3.63, 3.8) is 0 Å². The zero-order chi connectivity index (χ0) is 22.5. The second-order valence-corrected chi connectivity index (χ2v) is 9.41. The second kappa shape index (κ2) is 9.23. The van der Waals surface area contributed by atoms with Gasteiger partial charge >= 0.3 is 5.97 Å². The Balaban J connectivity index is 1.80. The number of nitrogens with zero attached hydrogens (tertiary/aromatic N) is 1. The maximum Gasteiger partial charge on any atom is 0.325 e. The first kappa shape index (κ1) is 22.4. The van der Waals surface area contributed by atoms with Gasteiger partial charge in [0.2, 0.25) is 0 Å². The van der Waals surface area contributed by atoms with Crippen molar-refractivity contribution < 1.29 is 27.9 Å². The molecule has 7 nitrogen and oxygen atoms in total. The van der Waals surface area contributed by atoms with Gasteiger partial charge in [-0.15, -0.1) is 5.92 Å². The highest BCUT2D eigenvalue weighted by atomic mass is 32.2. The molecule has 1 amide bonds. The van der Waals surface area contributed by atoms with Gasteiger partial charge in [0.25, 0.3) is 5.91 Å². The zero-order valence-corrected chi connectivity index (χ0v) is 17.9. The van der Waals surface area contributed by atoms with Gasteiger partial charge in [-0.05, 0) is 56.2 Å². The SMILES string of the molecule is CC#CCOc1ccc(S(=O)(=O)C2(C(=O)O)CCN(C(=O)c3ccccc3)CC2)cc1. The van der Waals surface area contributed by atoms with Gasteiger partial charge in [0.05, 0.1) is 4.90 Å². The van der Waals surface area contributed by atoms with Crippen molar-refractivity contribution in [1.29, 1.82) is 0 Å². The third-order valence-corrected chi connectivity index (χ3v) is 7.91. The molecule has 162 valence electrons. The lowest BCUT2D eigenvalue weighted by molar-refractivity contribution is -0.141. The van der Waals surface area contributed by atoms with E-state index in [1.54, 1.807) is 37.3 Å². The van der Waals surface area contributed by atoms with E-state index >= 15 is 0 Å². The number of amides is 1. The Morgan fingerprint density at radius 1 is 1.06 bits per heavy atom. The first-order chi connectivity index (χ1) is 14.8.